The van der Waals surface area contributed by atoms with E-state index in [1.54, 1.807) is 6.07 Å². The predicted octanol–water partition coefficient (Wildman–Crippen LogP) is 2.28. The lowest BCUT2D eigenvalue weighted by Gasteiger charge is -1.93. The molecule has 11 heavy (non-hydrogen) atoms. The maximum absolute atomic E-state index is 5.49. The number of hydrogen-bond acceptors (Lipinski definition) is 1. The minimum atomic E-state index is 0.667. The summed E-state index contributed by atoms with van der Waals surface area (Å²) in [4.78, 5) is 0. The van der Waals surface area contributed by atoms with Crippen molar-refractivity contribution in [3.05, 3.63) is 29.8 Å². The third-order valence-electron chi connectivity index (χ3n) is 1.12. The van der Waals surface area contributed by atoms with E-state index in [-0.39, 0.29) is 0 Å². The quantitative estimate of drug-likeness (QED) is 0.442. The molecule has 1 heteroatoms. The smallest absolute Gasteiger partial charge is 0.0473 e. The van der Waals surface area contributed by atoms with E-state index in [9.17, 15) is 0 Å². The standard InChI is InChI=1S/C8H7N.C2H6/c1-2-7-5-3-4-6-8(7)9;1-2/h1,3-6H,9H2;1-2H3. The molecule has 0 spiro atoms. The van der Waals surface area contributed by atoms with E-state index in [4.69, 9.17) is 12.2 Å². The Kier molecular flexibility index (Phi) is 4.68. The third-order valence-corrected chi connectivity index (χ3v) is 1.12. The zero-order valence-electron chi connectivity index (χ0n) is 6.96. The van der Waals surface area contributed by atoms with Gasteiger partial charge in [0.2, 0.25) is 0 Å². The molecule has 0 bridgehead atoms. The molecule has 0 heterocycles. The van der Waals surface area contributed by atoms with Crippen molar-refractivity contribution >= 4 is 5.69 Å². The van der Waals surface area contributed by atoms with Crippen molar-refractivity contribution in [3.8, 4) is 12.3 Å². The lowest BCUT2D eigenvalue weighted by Crippen LogP contribution is -1.87. The first-order valence-corrected chi connectivity index (χ1v) is 3.65. The van der Waals surface area contributed by atoms with Crippen LogP contribution >= 0.6 is 0 Å². The van der Waals surface area contributed by atoms with Gasteiger partial charge < -0.3 is 5.73 Å². The number of anilines is 1. The Balaban J connectivity index is 0.000000461. The van der Waals surface area contributed by atoms with Crippen LogP contribution < -0.4 is 5.73 Å². The average molecular weight is 147 g/mol. The van der Waals surface area contributed by atoms with E-state index in [0.717, 1.165) is 5.56 Å². The van der Waals surface area contributed by atoms with Crippen LogP contribution in [0.4, 0.5) is 5.69 Å². The van der Waals surface area contributed by atoms with Gasteiger partial charge in [-0.2, -0.15) is 0 Å². The maximum atomic E-state index is 5.49. The van der Waals surface area contributed by atoms with E-state index in [0.29, 0.717) is 5.69 Å². The molecular weight excluding hydrogens is 134 g/mol. The Hall–Kier alpha value is -1.42. The molecule has 0 saturated carbocycles. The molecule has 0 saturated heterocycles. The van der Waals surface area contributed by atoms with Crippen LogP contribution in [-0.4, -0.2) is 0 Å². The van der Waals surface area contributed by atoms with Crippen molar-refractivity contribution in [2.45, 2.75) is 13.8 Å². The van der Waals surface area contributed by atoms with Crippen LogP contribution in [0.3, 0.4) is 0 Å². The fourth-order valence-electron chi connectivity index (χ4n) is 0.628. The van der Waals surface area contributed by atoms with Crippen LogP contribution in [0.5, 0.6) is 0 Å². The number of hydrogen-bond donors (Lipinski definition) is 1. The van der Waals surface area contributed by atoms with E-state index in [1.807, 2.05) is 32.0 Å². The van der Waals surface area contributed by atoms with E-state index in [2.05, 4.69) is 5.92 Å². The average Bonchev–Trinajstić information content (AvgIpc) is 2.09. The Morgan fingerprint density at radius 2 is 1.82 bits per heavy atom. The molecule has 0 aliphatic rings. The molecule has 1 rings (SSSR count). The fraction of sp³-hybridized carbons (Fsp3) is 0.200. The second-order valence-corrected chi connectivity index (χ2v) is 1.73. The van der Waals surface area contributed by atoms with Crippen LogP contribution in [0.2, 0.25) is 0 Å². The molecule has 0 aromatic heterocycles. The molecule has 0 atom stereocenters. The molecule has 1 aromatic rings. The summed E-state index contributed by atoms with van der Waals surface area (Å²) in [5.74, 6) is 2.47. The largest absolute Gasteiger partial charge is 0.398 e. The van der Waals surface area contributed by atoms with Crippen LogP contribution in [0.15, 0.2) is 24.3 Å². The third kappa shape index (κ3) is 2.77. The van der Waals surface area contributed by atoms with Crippen molar-refractivity contribution in [1.82, 2.24) is 0 Å². The maximum Gasteiger partial charge on any atom is 0.0473 e. The van der Waals surface area contributed by atoms with Gasteiger partial charge in [0.15, 0.2) is 0 Å². The highest BCUT2D eigenvalue weighted by atomic mass is 14.5. The summed E-state index contributed by atoms with van der Waals surface area (Å²) < 4.78 is 0. The second-order valence-electron chi connectivity index (χ2n) is 1.73. The molecule has 0 fully saturated rings. The van der Waals surface area contributed by atoms with Crippen molar-refractivity contribution < 1.29 is 0 Å². The van der Waals surface area contributed by atoms with Crippen LogP contribution in [0, 0.1) is 12.3 Å². The van der Waals surface area contributed by atoms with Crippen molar-refractivity contribution in [3.63, 3.8) is 0 Å². The summed E-state index contributed by atoms with van der Waals surface area (Å²) in [5.41, 5.74) is 6.92. The van der Waals surface area contributed by atoms with E-state index >= 15 is 0 Å². The summed E-state index contributed by atoms with van der Waals surface area (Å²) in [6, 6.07) is 7.33. The van der Waals surface area contributed by atoms with Gasteiger partial charge in [-0.3, -0.25) is 0 Å². The molecule has 1 aromatic carbocycles. The van der Waals surface area contributed by atoms with Gasteiger partial charge in [-0.05, 0) is 12.1 Å². The van der Waals surface area contributed by atoms with Gasteiger partial charge in [0.25, 0.3) is 0 Å². The number of terminal acetylenes is 1. The lowest BCUT2D eigenvalue weighted by molar-refractivity contribution is 1.50. The molecule has 1 nitrogen and oxygen atoms in total. The summed E-state index contributed by atoms with van der Waals surface area (Å²) >= 11 is 0. The van der Waals surface area contributed by atoms with Gasteiger partial charge in [0.05, 0.1) is 0 Å². The van der Waals surface area contributed by atoms with Gasteiger partial charge in [-0.15, -0.1) is 6.42 Å². The summed E-state index contributed by atoms with van der Waals surface area (Å²) in [5, 5.41) is 0. The molecule has 0 aliphatic heterocycles. The Morgan fingerprint density at radius 3 is 2.18 bits per heavy atom. The van der Waals surface area contributed by atoms with Crippen LogP contribution in [0.1, 0.15) is 19.4 Å². The molecular formula is C10H13N. The topological polar surface area (TPSA) is 26.0 Å². The zero-order chi connectivity index (χ0) is 8.69. The normalized spacial score (nSPS) is 7.36. The Labute approximate surface area is 68.2 Å². The fourth-order valence-corrected chi connectivity index (χ4v) is 0.628. The first-order chi connectivity index (χ1) is 5.34. The second kappa shape index (κ2) is 5.37. The van der Waals surface area contributed by atoms with Gasteiger partial charge in [0.1, 0.15) is 0 Å². The zero-order valence-corrected chi connectivity index (χ0v) is 6.96. The Morgan fingerprint density at radius 1 is 1.27 bits per heavy atom. The van der Waals surface area contributed by atoms with Gasteiger partial charge in [-0.25, -0.2) is 0 Å². The molecule has 0 unspecified atom stereocenters. The van der Waals surface area contributed by atoms with Crippen molar-refractivity contribution in [2.75, 3.05) is 5.73 Å². The first kappa shape index (κ1) is 9.58. The van der Waals surface area contributed by atoms with E-state index < -0.39 is 0 Å². The van der Waals surface area contributed by atoms with Gasteiger partial charge in [-0.1, -0.05) is 31.9 Å². The summed E-state index contributed by atoms with van der Waals surface area (Å²) in [6.45, 7) is 4.00. The van der Waals surface area contributed by atoms with Crippen molar-refractivity contribution in [1.29, 1.82) is 0 Å². The highest BCUT2D eigenvalue weighted by molar-refractivity contribution is 5.54. The molecule has 0 amide bonds. The molecule has 0 aliphatic carbocycles. The summed E-state index contributed by atoms with van der Waals surface area (Å²) in [6.07, 6.45) is 5.12. The predicted molar refractivity (Wildman–Crippen MR) is 50.1 cm³/mol. The van der Waals surface area contributed by atoms with Crippen LogP contribution in [-0.2, 0) is 0 Å². The van der Waals surface area contributed by atoms with Gasteiger partial charge >= 0.3 is 0 Å². The number of benzene rings is 1. The molecule has 0 radical (unpaired) electrons. The lowest BCUT2D eigenvalue weighted by atomic mass is 10.2. The Bertz CT molecular complexity index is 245. The first-order valence-electron chi connectivity index (χ1n) is 3.65. The number of nitrogens with two attached hydrogens (primary N) is 1. The number of para-hydroxylation sites is 1. The highest BCUT2D eigenvalue weighted by Gasteiger charge is 1.88. The monoisotopic (exact) mass is 147 g/mol. The molecule has 58 valence electrons. The molecule has 2 N–H and O–H groups in total. The highest BCUT2D eigenvalue weighted by Crippen LogP contribution is 2.06. The SMILES string of the molecule is C#Cc1ccccc1N.CC. The number of nitrogen functional groups attached to an aromatic ring is 1. The minimum Gasteiger partial charge on any atom is -0.398 e. The minimum absolute atomic E-state index is 0.667. The number of rotatable bonds is 0. The van der Waals surface area contributed by atoms with E-state index in [1.165, 1.54) is 0 Å². The van der Waals surface area contributed by atoms with Crippen LogP contribution in [0.25, 0.3) is 0 Å². The van der Waals surface area contributed by atoms with Gasteiger partial charge in [0, 0.05) is 11.3 Å². The van der Waals surface area contributed by atoms with Crippen molar-refractivity contribution in [2.24, 2.45) is 0 Å². The summed E-state index contributed by atoms with van der Waals surface area (Å²) in [7, 11) is 0.